The van der Waals surface area contributed by atoms with Crippen molar-refractivity contribution in [2.45, 2.75) is 11.8 Å². The quantitative estimate of drug-likeness (QED) is 0.317. The molecule has 0 aliphatic heterocycles. The molecule has 3 rings (SSSR count). The number of amides is 1. The van der Waals surface area contributed by atoms with Gasteiger partial charge in [-0.15, -0.1) is 0 Å². The van der Waals surface area contributed by atoms with Gasteiger partial charge in [0.25, 0.3) is 5.91 Å². The number of nitrogens with one attached hydrogen (secondary N) is 1. The molecule has 1 amide bonds. The van der Waals surface area contributed by atoms with E-state index in [1.54, 1.807) is 54.6 Å². The number of methoxy groups -OCH3 is 2. The number of ether oxygens (including phenoxy) is 2. The van der Waals surface area contributed by atoms with E-state index in [1.165, 1.54) is 32.6 Å². The van der Waals surface area contributed by atoms with Crippen LogP contribution in [0.1, 0.15) is 21.5 Å². The average Bonchev–Trinajstić information content (AvgIpc) is 2.80. The van der Waals surface area contributed by atoms with Gasteiger partial charge in [-0.25, -0.2) is 5.43 Å². The van der Waals surface area contributed by atoms with E-state index in [-0.39, 0.29) is 16.4 Å². The number of carbonyl (C=O) groups excluding carboxylic acids is 1. The maximum atomic E-state index is 12.8. The topological polar surface area (TPSA) is 103 Å². The molecule has 8 nitrogen and oxygen atoms in total. The van der Waals surface area contributed by atoms with Crippen LogP contribution in [-0.4, -0.2) is 34.8 Å². The number of nitrogens with zero attached hydrogens (tertiary/aromatic N) is 1. The van der Waals surface area contributed by atoms with Crippen LogP contribution in [0, 0.1) is 6.92 Å². The number of rotatable bonds is 8. The molecule has 0 saturated heterocycles. The summed E-state index contributed by atoms with van der Waals surface area (Å²) in [5, 5.41) is 3.92. The third kappa shape index (κ3) is 5.44. The molecule has 0 bridgehead atoms. The fourth-order valence-electron chi connectivity index (χ4n) is 2.71. The molecule has 3 aromatic rings. The van der Waals surface area contributed by atoms with Crippen LogP contribution >= 0.6 is 0 Å². The summed E-state index contributed by atoms with van der Waals surface area (Å²) in [6.45, 7) is 1.85. The lowest BCUT2D eigenvalue weighted by molar-refractivity contribution is 0.0955. The van der Waals surface area contributed by atoms with Crippen LogP contribution in [0.25, 0.3) is 0 Å². The third-order valence-corrected chi connectivity index (χ3v) is 5.69. The Labute approximate surface area is 186 Å². The minimum Gasteiger partial charge on any atom is -0.497 e. The molecular formula is C23H22N2O6S. The van der Waals surface area contributed by atoms with E-state index in [2.05, 4.69) is 10.5 Å². The van der Waals surface area contributed by atoms with Gasteiger partial charge in [-0.3, -0.25) is 4.79 Å². The van der Waals surface area contributed by atoms with Crippen LogP contribution in [-0.2, 0) is 10.1 Å². The maximum Gasteiger partial charge on any atom is 0.339 e. The molecule has 0 atom stereocenters. The van der Waals surface area contributed by atoms with E-state index in [0.29, 0.717) is 16.9 Å². The summed E-state index contributed by atoms with van der Waals surface area (Å²) in [6.07, 6.45) is 1.28. The monoisotopic (exact) mass is 454 g/mol. The van der Waals surface area contributed by atoms with Crippen molar-refractivity contribution in [2.24, 2.45) is 5.10 Å². The lowest BCUT2D eigenvalue weighted by atomic mass is 10.2. The summed E-state index contributed by atoms with van der Waals surface area (Å²) in [4.78, 5) is 12.3. The summed E-state index contributed by atoms with van der Waals surface area (Å²) >= 11 is 0. The Morgan fingerprint density at radius 3 is 2.25 bits per heavy atom. The standard InChI is InChI=1S/C23H22N2O6S/c1-16-7-13-20(14-8-16)32(27,28)31-22-18(5-4-6-21(22)30-3)15-24-25-23(26)17-9-11-19(29-2)12-10-17/h4-15H,1-3H3,(H,25,26)/b24-15-. The van der Waals surface area contributed by atoms with Crippen LogP contribution in [0.15, 0.2) is 76.7 Å². The van der Waals surface area contributed by atoms with E-state index < -0.39 is 16.0 Å². The van der Waals surface area contributed by atoms with Gasteiger partial charge in [0.15, 0.2) is 11.5 Å². The Kier molecular flexibility index (Phi) is 7.11. The Morgan fingerprint density at radius 1 is 0.938 bits per heavy atom. The van der Waals surface area contributed by atoms with Crippen LogP contribution in [0.2, 0.25) is 0 Å². The molecule has 0 aromatic heterocycles. The van der Waals surface area contributed by atoms with Crippen molar-refractivity contribution < 1.29 is 26.9 Å². The zero-order chi connectivity index (χ0) is 23.1. The summed E-state index contributed by atoms with van der Waals surface area (Å²) in [7, 11) is -1.19. The molecule has 166 valence electrons. The fraction of sp³-hybridized carbons (Fsp3) is 0.130. The Hall–Kier alpha value is -3.85. The summed E-state index contributed by atoms with van der Waals surface area (Å²) in [5.41, 5.74) is 3.99. The van der Waals surface area contributed by atoms with Gasteiger partial charge in [-0.1, -0.05) is 23.8 Å². The first-order valence-electron chi connectivity index (χ1n) is 9.49. The number of hydrogen-bond acceptors (Lipinski definition) is 7. The molecule has 0 heterocycles. The van der Waals surface area contributed by atoms with Gasteiger partial charge in [0, 0.05) is 11.1 Å². The van der Waals surface area contributed by atoms with E-state index in [0.717, 1.165) is 5.56 Å². The fourth-order valence-corrected chi connectivity index (χ4v) is 3.68. The lowest BCUT2D eigenvalue weighted by Crippen LogP contribution is -2.17. The van der Waals surface area contributed by atoms with Gasteiger partial charge in [0.05, 0.1) is 20.4 Å². The molecule has 9 heteroatoms. The van der Waals surface area contributed by atoms with Crippen molar-refractivity contribution in [1.82, 2.24) is 5.43 Å². The second-order valence-electron chi connectivity index (χ2n) is 6.66. The van der Waals surface area contributed by atoms with Crippen molar-refractivity contribution in [2.75, 3.05) is 14.2 Å². The SMILES string of the molecule is COc1ccc(C(=O)N/N=C\c2cccc(OC)c2OS(=O)(=O)c2ccc(C)cc2)cc1. The molecule has 0 saturated carbocycles. The minimum absolute atomic E-state index is 0.00436. The predicted molar refractivity (Wildman–Crippen MR) is 120 cm³/mol. The molecule has 3 aromatic carbocycles. The summed E-state index contributed by atoms with van der Waals surface area (Å²) in [6, 6.07) is 17.6. The van der Waals surface area contributed by atoms with E-state index in [1.807, 2.05) is 6.92 Å². The Bertz CT molecular complexity index is 1220. The molecule has 1 N–H and O–H groups in total. The zero-order valence-electron chi connectivity index (χ0n) is 17.7. The normalized spacial score (nSPS) is 11.2. The van der Waals surface area contributed by atoms with Gasteiger partial charge in [0.1, 0.15) is 10.6 Å². The molecule has 0 spiro atoms. The van der Waals surface area contributed by atoms with Gasteiger partial charge in [-0.2, -0.15) is 13.5 Å². The highest BCUT2D eigenvalue weighted by molar-refractivity contribution is 7.87. The highest BCUT2D eigenvalue weighted by Crippen LogP contribution is 2.32. The number of para-hydroxylation sites is 1. The smallest absolute Gasteiger partial charge is 0.339 e. The largest absolute Gasteiger partial charge is 0.497 e. The number of benzene rings is 3. The van der Waals surface area contributed by atoms with Crippen molar-refractivity contribution in [3.63, 3.8) is 0 Å². The second kappa shape index (κ2) is 9.97. The van der Waals surface area contributed by atoms with Crippen LogP contribution in [0.4, 0.5) is 0 Å². The Morgan fingerprint density at radius 2 is 1.62 bits per heavy atom. The number of hydrogen-bond donors (Lipinski definition) is 1. The van der Waals surface area contributed by atoms with E-state index >= 15 is 0 Å². The molecule has 0 fully saturated rings. The summed E-state index contributed by atoms with van der Waals surface area (Å²) in [5.74, 6) is 0.337. The molecule has 0 aliphatic carbocycles. The maximum absolute atomic E-state index is 12.8. The minimum atomic E-state index is -4.12. The van der Waals surface area contributed by atoms with E-state index in [4.69, 9.17) is 13.7 Å². The summed E-state index contributed by atoms with van der Waals surface area (Å²) < 4.78 is 41.2. The second-order valence-corrected chi connectivity index (χ2v) is 8.20. The molecule has 32 heavy (non-hydrogen) atoms. The van der Waals surface area contributed by atoms with Gasteiger partial charge >= 0.3 is 10.1 Å². The van der Waals surface area contributed by atoms with Crippen LogP contribution < -0.4 is 19.1 Å². The number of hydrazone groups is 1. The lowest BCUT2D eigenvalue weighted by Gasteiger charge is -2.13. The molecule has 0 unspecified atom stereocenters. The predicted octanol–water partition coefficient (Wildman–Crippen LogP) is 3.54. The number of carbonyl (C=O) groups is 1. The molecule has 0 radical (unpaired) electrons. The first-order chi connectivity index (χ1) is 15.3. The van der Waals surface area contributed by atoms with Crippen LogP contribution in [0.3, 0.4) is 0 Å². The van der Waals surface area contributed by atoms with Crippen LogP contribution in [0.5, 0.6) is 17.2 Å². The highest BCUT2D eigenvalue weighted by atomic mass is 32.2. The van der Waals surface area contributed by atoms with Crippen molar-refractivity contribution in [1.29, 1.82) is 0 Å². The highest BCUT2D eigenvalue weighted by Gasteiger charge is 2.21. The van der Waals surface area contributed by atoms with Crippen molar-refractivity contribution >= 4 is 22.2 Å². The zero-order valence-corrected chi connectivity index (χ0v) is 18.5. The van der Waals surface area contributed by atoms with Gasteiger partial charge < -0.3 is 13.7 Å². The molecular weight excluding hydrogens is 432 g/mol. The third-order valence-electron chi connectivity index (χ3n) is 4.45. The van der Waals surface area contributed by atoms with Crippen molar-refractivity contribution in [3.05, 3.63) is 83.4 Å². The Balaban J connectivity index is 1.82. The van der Waals surface area contributed by atoms with Gasteiger partial charge in [-0.05, 0) is 55.5 Å². The number of aryl methyl sites for hydroxylation is 1. The first kappa shape index (κ1) is 22.8. The van der Waals surface area contributed by atoms with Crippen molar-refractivity contribution in [3.8, 4) is 17.2 Å². The molecule has 0 aliphatic rings. The van der Waals surface area contributed by atoms with E-state index in [9.17, 15) is 13.2 Å². The average molecular weight is 455 g/mol. The first-order valence-corrected chi connectivity index (χ1v) is 10.9. The van der Waals surface area contributed by atoms with Gasteiger partial charge in [0.2, 0.25) is 0 Å².